The van der Waals surface area contributed by atoms with Crippen molar-refractivity contribution in [2.24, 2.45) is 0 Å². The fourth-order valence-corrected chi connectivity index (χ4v) is 4.51. The van der Waals surface area contributed by atoms with Crippen LogP contribution in [0.3, 0.4) is 0 Å². The van der Waals surface area contributed by atoms with Gasteiger partial charge in [-0.05, 0) is 37.1 Å². The molecule has 1 unspecified atom stereocenters. The molecule has 1 amide bonds. The third-order valence-corrected chi connectivity index (χ3v) is 5.85. The van der Waals surface area contributed by atoms with Crippen LogP contribution in [0.2, 0.25) is 0 Å². The summed E-state index contributed by atoms with van der Waals surface area (Å²) in [4.78, 5) is 19.9. The topological polar surface area (TPSA) is 51.7 Å². The normalized spacial score (nSPS) is 16.8. The number of ether oxygens (including phenoxy) is 2. The van der Waals surface area contributed by atoms with Crippen molar-refractivity contribution in [1.82, 2.24) is 9.88 Å². The second kappa shape index (κ2) is 6.96. The predicted octanol–water partition coefficient (Wildman–Crippen LogP) is 4.29. The molecule has 134 valence electrons. The van der Waals surface area contributed by atoms with Gasteiger partial charge in [-0.1, -0.05) is 12.1 Å². The van der Waals surface area contributed by atoms with E-state index in [4.69, 9.17) is 14.5 Å². The second-order valence-corrected chi connectivity index (χ2v) is 7.34. The first-order chi connectivity index (χ1) is 12.7. The van der Waals surface area contributed by atoms with Gasteiger partial charge >= 0.3 is 0 Å². The summed E-state index contributed by atoms with van der Waals surface area (Å²) < 4.78 is 11.8. The number of fused-ring (bicyclic) bond motifs is 1. The third-order valence-electron chi connectivity index (χ3n) is 4.71. The van der Waals surface area contributed by atoms with E-state index < -0.39 is 0 Å². The van der Waals surface area contributed by atoms with E-state index in [0.29, 0.717) is 17.1 Å². The molecule has 1 saturated heterocycles. The molecule has 1 aromatic heterocycles. The molecule has 5 nitrogen and oxygen atoms in total. The molecule has 2 heterocycles. The summed E-state index contributed by atoms with van der Waals surface area (Å²) in [6, 6.07) is 13.4. The van der Waals surface area contributed by atoms with Crippen molar-refractivity contribution in [2.75, 3.05) is 20.8 Å². The van der Waals surface area contributed by atoms with Crippen LogP contribution in [-0.4, -0.2) is 36.6 Å². The van der Waals surface area contributed by atoms with Gasteiger partial charge in [0.25, 0.3) is 5.91 Å². The lowest BCUT2D eigenvalue weighted by Crippen LogP contribution is -2.30. The van der Waals surface area contributed by atoms with E-state index in [1.807, 2.05) is 23.1 Å². The molecule has 6 heteroatoms. The Morgan fingerprint density at radius 2 is 1.88 bits per heavy atom. The Bertz CT molecular complexity index is 898. The summed E-state index contributed by atoms with van der Waals surface area (Å²) in [5.74, 6) is 1.22. The van der Waals surface area contributed by atoms with Gasteiger partial charge < -0.3 is 14.4 Å². The average molecular weight is 368 g/mol. The summed E-state index contributed by atoms with van der Waals surface area (Å²) in [6.07, 6.45) is 1.92. The first kappa shape index (κ1) is 16.8. The lowest BCUT2D eigenvalue weighted by Gasteiger charge is -2.23. The molecular weight excluding hydrogens is 348 g/mol. The van der Waals surface area contributed by atoms with Crippen LogP contribution in [0, 0.1) is 0 Å². The van der Waals surface area contributed by atoms with Crippen LogP contribution in [0.1, 0.15) is 34.2 Å². The molecule has 1 aliphatic heterocycles. The summed E-state index contributed by atoms with van der Waals surface area (Å²) in [6.45, 7) is 0.735. The van der Waals surface area contributed by atoms with Gasteiger partial charge in [-0.2, -0.15) is 0 Å². The zero-order chi connectivity index (χ0) is 18.1. The Morgan fingerprint density at radius 3 is 2.58 bits per heavy atom. The maximum absolute atomic E-state index is 13.2. The van der Waals surface area contributed by atoms with E-state index in [1.54, 1.807) is 43.8 Å². The van der Waals surface area contributed by atoms with Crippen LogP contribution in [-0.2, 0) is 0 Å². The summed E-state index contributed by atoms with van der Waals surface area (Å²) >= 11 is 1.67. The second-order valence-electron chi connectivity index (χ2n) is 6.28. The van der Waals surface area contributed by atoms with Crippen molar-refractivity contribution in [3.8, 4) is 11.5 Å². The van der Waals surface area contributed by atoms with Crippen LogP contribution >= 0.6 is 11.3 Å². The van der Waals surface area contributed by atoms with Gasteiger partial charge in [0, 0.05) is 18.2 Å². The minimum absolute atomic E-state index is 0.0102. The van der Waals surface area contributed by atoms with E-state index in [9.17, 15) is 4.79 Å². The zero-order valence-corrected chi connectivity index (χ0v) is 15.6. The summed E-state index contributed by atoms with van der Waals surface area (Å²) in [5, 5.41) is 1.01. The quantitative estimate of drug-likeness (QED) is 0.689. The minimum atomic E-state index is -0.0102. The van der Waals surface area contributed by atoms with E-state index in [1.165, 1.54) is 0 Å². The van der Waals surface area contributed by atoms with Crippen LogP contribution in [0.4, 0.5) is 0 Å². The molecule has 0 radical (unpaired) electrons. The number of carbonyl (C=O) groups is 1. The Kier molecular flexibility index (Phi) is 4.51. The first-order valence-electron chi connectivity index (χ1n) is 8.59. The lowest BCUT2D eigenvalue weighted by atomic mass is 10.1. The molecule has 3 aromatic rings. The Labute approximate surface area is 156 Å². The summed E-state index contributed by atoms with van der Waals surface area (Å²) in [7, 11) is 3.17. The predicted molar refractivity (Wildman–Crippen MR) is 102 cm³/mol. The highest BCUT2D eigenvalue weighted by atomic mass is 32.1. The largest absolute Gasteiger partial charge is 0.497 e. The molecule has 2 aromatic carbocycles. The number of rotatable bonds is 4. The molecule has 0 saturated carbocycles. The smallest absolute Gasteiger partial charge is 0.254 e. The Hall–Kier alpha value is -2.60. The number of hydrogen-bond donors (Lipinski definition) is 0. The molecule has 4 rings (SSSR count). The maximum Gasteiger partial charge on any atom is 0.254 e. The van der Waals surface area contributed by atoms with Gasteiger partial charge in [0.1, 0.15) is 16.5 Å². The number of methoxy groups -OCH3 is 2. The monoisotopic (exact) mass is 368 g/mol. The van der Waals surface area contributed by atoms with Gasteiger partial charge in [-0.15, -0.1) is 11.3 Å². The number of aromatic nitrogens is 1. The van der Waals surface area contributed by atoms with Crippen molar-refractivity contribution in [2.45, 2.75) is 18.9 Å². The highest BCUT2D eigenvalue weighted by molar-refractivity contribution is 7.18. The number of nitrogens with zero attached hydrogens (tertiary/aromatic N) is 2. The van der Waals surface area contributed by atoms with Crippen molar-refractivity contribution in [1.29, 1.82) is 0 Å². The van der Waals surface area contributed by atoms with E-state index in [2.05, 4.69) is 6.07 Å². The molecule has 0 N–H and O–H groups in total. The number of amides is 1. The van der Waals surface area contributed by atoms with Crippen molar-refractivity contribution in [3.63, 3.8) is 0 Å². The number of benzene rings is 2. The highest BCUT2D eigenvalue weighted by Gasteiger charge is 2.33. The molecule has 0 bridgehead atoms. The Balaban J connectivity index is 1.66. The van der Waals surface area contributed by atoms with Gasteiger partial charge in [-0.25, -0.2) is 4.98 Å². The Morgan fingerprint density at radius 1 is 1.15 bits per heavy atom. The van der Waals surface area contributed by atoms with Gasteiger partial charge in [0.15, 0.2) is 0 Å². The fraction of sp³-hybridized carbons (Fsp3) is 0.300. The minimum Gasteiger partial charge on any atom is -0.497 e. The van der Waals surface area contributed by atoms with Gasteiger partial charge in [0.2, 0.25) is 0 Å². The van der Waals surface area contributed by atoms with E-state index in [-0.39, 0.29) is 11.9 Å². The van der Waals surface area contributed by atoms with E-state index in [0.717, 1.165) is 34.6 Å². The van der Waals surface area contributed by atoms with Crippen molar-refractivity contribution in [3.05, 3.63) is 53.0 Å². The SMILES string of the molecule is COc1cc(OC)cc(C(=O)N2CCCC2c2nc3ccccc3s2)c1. The molecule has 0 aliphatic carbocycles. The molecule has 26 heavy (non-hydrogen) atoms. The number of likely N-dealkylation sites (tertiary alicyclic amines) is 1. The number of hydrogen-bond acceptors (Lipinski definition) is 5. The standard InChI is InChI=1S/C20H20N2O3S/c1-24-14-10-13(11-15(12-14)25-2)20(23)22-9-5-7-17(22)19-21-16-6-3-4-8-18(16)26-19/h3-4,6,8,10-12,17H,5,7,9H2,1-2H3. The molecule has 1 fully saturated rings. The number of carbonyl (C=O) groups excluding carboxylic acids is 1. The number of thiazole rings is 1. The fourth-order valence-electron chi connectivity index (χ4n) is 3.40. The highest BCUT2D eigenvalue weighted by Crippen LogP contribution is 2.37. The first-order valence-corrected chi connectivity index (χ1v) is 9.41. The molecule has 1 atom stereocenters. The maximum atomic E-state index is 13.2. The van der Waals surface area contributed by atoms with Crippen LogP contribution in [0.25, 0.3) is 10.2 Å². The van der Waals surface area contributed by atoms with Crippen molar-refractivity contribution >= 4 is 27.5 Å². The zero-order valence-electron chi connectivity index (χ0n) is 14.8. The van der Waals surface area contributed by atoms with Crippen LogP contribution in [0.5, 0.6) is 11.5 Å². The summed E-state index contributed by atoms with van der Waals surface area (Å²) in [5.41, 5.74) is 1.57. The molecule has 1 aliphatic rings. The lowest BCUT2D eigenvalue weighted by molar-refractivity contribution is 0.0735. The van der Waals surface area contributed by atoms with Gasteiger partial charge in [0.05, 0.1) is 30.5 Å². The average Bonchev–Trinajstić information content (AvgIpc) is 3.33. The van der Waals surface area contributed by atoms with Crippen molar-refractivity contribution < 1.29 is 14.3 Å². The molecular formula is C20H20N2O3S. The third kappa shape index (κ3) is 3.01. The number of para-hydroxylation sites is 1. The van der Waals surface area contributed by atoms with Gasteiger partial charge in [-0.3, -0.25) is 4.79 Å². The van der Waals surface area contributed by atoms with Crippen LogP contribution < -0.4 is 9.47 Å². The van der Waals surface area contributed by atoms with E-state index >= 15 is 0 Å². The molecule has 0 spiro atoms. The van der Waals surface area contributed by atoms with Crippen LogP contribution in [0.15, 0.2) is 42.5 Å².